The quantitative estimate of drug-likeness (QED) is 0.838. The third kappa shape index (κ3) is 2.29. The summed E-state index contributed by atoms with van der Waals surface area (Å²) in [6, 6.07) is 8.94. The number of aryl methyl sites for hydroxylation is 1. The van der Waals surface area contributed by atoms with Gasteiger partial charge in [-0.1, -0.05) is 35.9 Å². The lowest BCUT2D eigenvalue weighted by molar-refractivity contribution is 0.357. The zero-order chi connectivity index (χ0) is 15.2. The number of nitrogens with one attached hydrogen (secondary N) is 1. The number of allylic oxidation sites excluding steroid dienone is 1. The Morgan fingerprint density at radius 3 is 2.77 bits per heavy atom. The Kier molecular flexibility index (Phi) is 3.71. The van der Waals surface area contributed by atoms with E-state index in [2.05, 4.69) is 63.5 Å². The summed E-state index contributed by atoms with van der Waals surface area (Å²) >= 11 is 5.30. The van der Waals surface area contributed by atoms with Crippen molar-refractivity contribution >= 4 is 33.3 Å². The normalized spacial score (nSPS) is 19.3. The summed E-state index contributed by atoms with van der Waals surface area (Å²) in [5.41, 5.74) is 5.94. The van der Waals surface area contributed by atoms with Crippen LogP contribution >= 0.6 is 27.3 Å². The molecule has 1 aromatic heterocycles. The molecule has 0 atom stereocenters. The highest BCUT2D eigenvalue weighted by atomic mass is 79.9. The van der Waals surface area contributed by atoms with Gasteiger partial charge in [0.05, 0.1) is 5.69 Å². The first-order chi connectivity index (χ1) is 10.7. The van der Waals surface area contributed by atoms with Crippen molar-refractivity contribution in [1.29, 1.82) is 0 Å². The van der Waals surface area contributed by atoms with E-state index < -0.39 is 0 Å². The number of aromatic nitrogens is 1. The summed E-state index contributed by atoms with van der Waals surface area (Å²) in [6.07, 6.45) is 5.88. The van der Waals surface area contributed by atoms with Crippen LogP contribution in [-0.2, 0) is 11.8 Å². The van der Waals surface area contributed by atoms with Crippen LogP contribution in [0.5, 0.6) is 0 Å². The van der Waals surface area contributed by atoms with Crippen molar-refractivity contribution < 1.29 is 0 Å². The summed E-state index contributed by atoms with van der Waals surface area (Å²) in [6.45, 7) is 4.34. The van der Waals surface area contributed by atoms with Crippen molar-refractivity contribution in [3.05, 3.63) is 55.5 Å². The van der Waals surface area contributed by atoms with Crippen LogP contribution in [0.25, 0.3) is 6.08 Å². The number of benzene rings is 1. The molecule has 1 spiro atoms. The largest absolute Gasteiger partial charge is 0.317 e. The van der Waals surface area contributed by atoms with E-state index in [0.29, 0.717) is 0 Å². The van der Waals surface area contributed by atoms with E-state index in [-0.39, 0.29) is 5.41 Å². The molecular formula is C18H19BrN2S. The minimum Gasteiger partial charge on any atom is -0.317 e. The predicted octanol–water partition coefficient (Wildman–Crippen LogP) is 4.47. The van der Waals surface area contributed by atoms with Gasteiger partial charge in [-0.05, 0) is 59.9 Å². The molecule has 114 valence electrons. The second kappa shape index (κ2) is 5.59. The molecule has 1 aliphatic heterocycles. The van der Waals surface area contributed by atoms with E-state index in [0.717, 1.165) is 29.1 Å². The first-order valence-corrected chi connectivity index (χ1v) is 9.43. The third-order valence-electron chi connectivity index (χ3n) is 5.10. The molecule has 0 unspecified atom stereocenters. The zero-order valence-electron chi connectivity index (χ0n) is 12.7. The number of rotatable bonds is 2. The van der Waals surface area contributed by atoms with E-state index in [1.807, 2.05) is 0 Å². The molecule has 0 saturated carbocycles. The van der Waals surface area contributed by atoms with Gasteiger partial charge in [-0.15, -0.1) is 11.3 Å². The molecule has 1 saturated heterocycles. The number of hydrogen-bond acceptors (Lipinski definition) is 3. The van der Waals surface area contributed by atoms with Gasteiger partial charge < -0.3 is 5.32 Å². The lowest BCUT2D eigenvalue weighted by atomic mass is 9.69. The lowest BCUT2D eigenvalue weighted by Crippen LogP contribution is -2.40. The third-order valence-corrected chi connectivity index (χ3v) is 6.70. The molecule has 2 aliphatic rings. The minimum atomic E-state index is 0.241. The summed E-state index contributed by atoms with van der Waals surface area (Å²) in [4.78, 5) is 5.92. The maximum absolute atomic E-state index is 4.53. The average molecular weight is 375 g/mol. The second-order valence-electron chi connectivity index (χ2n) is 6.24. The van der Waals surface area contributed by atoms with Crippen molar-refractivity contribution in [2.24, 2.45) is 0 Å². The van der Waals surface area contributed by atoms with Gasteiger partial charge in [0, 0.05) is 16.7 Å². The molecule has 0 bridgehead atoms. The van der Waals surface area contributed by atoms with Gasteiger partial charge in [-0.2, -0.15) is 0 Å². The SMILES string of the molecule is Cc1nc(Br)sc1CC1=Cc2ccccc2C12CCNCC2. The number of halogens is 1. The van der Waals surface area contributed by atoms with Crippen LogP contribution in [0.1, 0.15) is 34.5 Å². The molecule has 22 heavy (non-hydrogen) atoms. The minimum absolute atomic E-state index is 0.241. The van der Waals surface area contributed by atoms with Crippen LogP contribution in [0.15, 0.2) is 33.8 Å². The highest BCUT2D eigenvalue weighted by molar-refractivity contribution is 9.11. The van der Waals surface area contributed by atoms with Gasteiger partial charge >= 0.3 is 0 Å². The number of nitrogens with zero attached hydrogens (tertiary/aromatic N) is 1. The smallest absolute Gasteiger partial charge is 0.159 e. The monoisotopic (exact) mass is 374 g/mol. The molecule has 4 heteroatoms. The summed E-state index contributed by atoms with van der Waals surface area (Å²) in [5, 5.41) is 3.52. The maximum atomic E-state index is 4.53. The molecule has 2 aromatic rings. The Morgan fingerprint density at radius 2 is 2.05 bits per heavy atom. The van der Waals surface area contributed by atoms with Crippen LogP contribution < -0.4 is 5.32 Å². The van der Waals surface area contributed by atoms with Gasteiger partial charge in [0.2, 0.25) is 0 Å². The van der Waals surface area contributed by atoms with Crippen LogP contribution in [0.2, 0.25) is 0 Å². The Hall–Kier alpha value is -0.970. The van der Waals surface area contributed by atoms with Gasteiger partial charge in [0.25, 0.3) is 0 Å². The van der Waals surface area contributed by atoms with Crippen molar-refractivity contribution in [2.75, 3.05) is 13.1 Å². The van der Waals surface area contributed by atoms with E-state index >= 15 is 0 Å². The number of piperidine rings is 1. The van der Waals surface area contributed by atoms with Crippen molar-refractivity contribution in [2.45, 2.75) is 31.6 Å². The first kappa shape index (κ1) is 14.6. The van der Waals surface area contributed by atoms with E-state index in [1.54, 1.807) is 16.9 Å². The Labute approximate surface area is 143 Å². The fourth-order valence-corrected chi connectivity index (χ4v) is 5.61. The molecule has 1 aliphatic carbocycles. The van der Waals surface area contributed by atoms with Gasteiger partial charge in [-0.3, -0.25) is 0 Å². The van der Waals surface area contributed by atoms with Crippen molar-refractivity contribution in [1.82, 2.24) is 10.3 Å². The Balaban J connectivity index is 1.76. The number of hydrogen-bond donors (Lipinski definition) is 1. The molecule has 0 amide bonds. The van der Waals surface area contributed by atoms with Crippen LogP contribution in [0, 0.1) is 6.92 Å². The number of fused-ring (bicyclic) bond motifs is 2. The highest BCUT2D eigenvalue weighted by Crippen LogP contribution is 2.49. The average Bonchev–Trinajstić information content (AvgIpc) is 2.99. The maximum Gasteiger partial charge on any atom is 0.159 e. The Morgan fingerprint density at radius 1 is 1.27 bits per heavy atom. The van der Waals surface area contributed by atoms with Crippen LogP contribution in [0.3, 0.4) is 0 Å². The standard InChI is InChI=1S/C18H19BrN2S/c1-12-16(22-17(19)21-12)11-14-10-13-4-2-3-5-15(13)18(14)6-8-20-9-7-18/h2-5,10,20H,6-9,11H2,1H3. The van der Waals surface area contributed by atoms with Crippen molar-refractivity contribution in [3.63, 3.8) is 0 Å². The predicted molar refractivity (Wildman–Crippen MR) is 96.5 cm³/mol. The fraction of sp³-hybridized carbons (Fsp3) is 0.389. The van der Waals surface area contributed by atoms with Gasteiger partial charge in [0.1, 0.15) is 0 Å². The van der Waals surface area contributed by atoms with E-state index in [4.69, 9.17) is 0 Å². The van der Waals surface area contributed by atoms with Crippen LogP contribution in [0.4, 0.5) is 0 Å². The summed E-state index contributed by atoms with van der Waals surface area (Å²) in [7, 11) is 0. The van der Waals surface area contributed by atoms with Crippen molar-refractivity contribution in [3.8, 4) is 0 Å². The molecule has 1 N–H and O–H groups in total. The number of thiazole rings is 1. The molecular weight excluding hydrogens is 356 g/mol. The molecule has 2 nitrogen and oxygen atoms in total. The zero-order valence-corrected chi connectivity index (χ0v) is 15.1. The van der Waals surface area contributed by atoms with Crippen LogP contribution in [-0.4, -0.2) is 18.1 Å². The molecule has 2 heterocycles. The highest BCUT2D eigenvalue weighted by Gasteiger charge is 2.42. The first-order valence-electron chi connectivity index (χ1n) is 7.82. The van der Waals surface area contributed by atoms with Gasteiger partial charge in [0.15, 0.2) is 3.92 Å². The second-order valence-corrected chi connectivity index (χ2v) is 8.60. The van der Waals surface area contributed by atoms with E-state index in [1.165, 1.54) is 28.8 Å². The summed E-state index contributed by atoms with van der Waals surface area (Å²) in [5.74, 6) is 0. The lowest BCUT2D eigenvalue weighted by Gasteiger charge is -2.38. The fourth-order valence-electron chi connectivity index (χ4n) is 3.95. The molecule has 1 fully saturated rings. The Bertz CT molecular complexity index is 741. The van der Waals surface area contributed by atoms with Gasteiger partial charge in [-0.25, -0.2) is 4.98 Å². The molecule has 1 aromatic carbocycles. The molecule has 0 radical (unpaired) electrons. The topological polar surface area (TPSA) is 24.9 Å². The summed E-state index contributed by atoms with van der Waals surface area (Å²) < 4.78 is 0.996. The molecule has 4 rings (SSSR count). The van der Waals surface area contributed by atoms with E-state index in [9.17, 15) is 0 Å².